The number of halogens is 1. The maximum absolute atomic E-state index is 13.4. The minimum Gasteiger partial charge on any atom is -0.371 e. The summed E-state index contributed by atoms with van der Waals surface area (Å²) in [7, 11) is 0. The van der Waals surface area contributed by atoms with Crippen LogP contribution in [0.2, 0.25) is 5.02 Å². The van der Waals surface area contributed by atoms with Crippen molar-refractivity contribution in [2.45, 2.75) is 44.7 Å². The first-order valence-electron chi connectivity index (χ1n) is 9.59. The number of nitrogens with zero attached hydrogens (tertiary/aromatic N) is 4. The molecule has 7 nitrogen and oxygen atoms in total. The Kier molecular flexibility index (Phi) is 5.12. The summed E-state index contributed by atoms with van der Waals surface area (Å²) in [6.07, 6.45) is 5.52. The van der Waals surface area contributed by atoms with Gasteiger partial charge in [0.2, 0.25) is 11.6 Å². The first-order valence-corrected chi connectivity index (χ1v) is 9.97. The molecule has 1 aliphatic rings. The SMILES string of the molecule is [C-]#[N+]c1cnc(N)nc1N[C@@H](C)c1cc2cccc(Cl)c2c(=O)n1C1CCCC1. The van der Waals surface area contributed by atoms with Crippen LogP contribution in [-0.2, 0) is 0 Å². The van der Waals surface area contributed by atoms with Gasteiger partial charge in [-0.15, -0.1) is 0 Å². The molecule has 1 fully saturated rings. The third-order valence-electron chi connectivity index (χ3n) is 5.46. The number of rotatable bonds is 4. The molecule has 1 saturated carbocycles. The van der Waals surface area contributed by atoms with Crippen molar-refractivity contribution in [3.05, 3.63) is 62.9 Å². The van der Waals surface area contributed by atoms with Crippen LogP contribution in [0.1, 0.15) is 50.4 Å². The first-order chi connectivity index (χ1) is 14.0. The molecule has 0 spiro atoms. The molecule has 2 heterocycles. The smallest absolute Gasteiger partial charge is 0.260 e. The molecule has 3 N–H and O–H groups in total. The predicted octanol–water partition coefficient (Wildman–Crippen LogP) is 4.87. The van der Waals surface area contributed by atoms with Crippen molar-refractivity contribution in [3.8, 4) is 0 Å². The van der Waals surface area contributed by atoms with E-state index in [0.29, 0.717) is 16.2 Å². The van der Waals surface area contributed by atoms with E-state index in [2.05, 4.69) is 20.1 Å². The topological polar surface area (TPSA) is 90.2 Å². The molecule has 0 amide bonds. The lowest BCUT2D eigenvalue weighted by Gasteiger charge is -2.25. The average Bonchev–Trinajstić information content (AvgIpc) is 3.22. The number of nitrogen functional groups attached to an aromatic ring is 1. The second-order valence-corrected chi connectivity index (χ2v) is 7.73. The van der Waals surface area contributed by atoms with Gasteiger partial charge in [-0.2, -0.15) is 0 Å². The Balaban J connectivity index is 1.86. The fraction of sp³-hybridized carbons (Fsp3) is 0.333. The summed E-state index contributed by atoms with van der Waals surface area (Å²) in [5.74, 6) is 0.446. The monoisotopic (exact) mass is 408 g/mol. The van der Waals surface area contributed by atoms with Crippen LogP contribution in [0.15, 0.2) is 35.3 Å². The number of hydrogen-bond donors (Lipinski definition) is 2. The van der Waals surface area contributed by atoms with Crippen LogP contribution in [0, 0.1) is 6.57 Å². The van der Waals surface area contributed by atoms with E-state index in [4.69, 9.17) is 23.9 Å². The van der Waals surface area contributed by atoms with Crippen molar-refractivity contribution in [3.63, 3.8) is 0 Å². The molecule has 148 valence electrons. The van der Waals surface area contributed by atoms with E-state index in [1.807, 2.05) is 29.7 Å². The van der Waals surface area contributed by atoms with E-state index in [9.17, 15) is 4.79 Å². The number of fused-ring (bicyclic) bond motifs is 1. The van der Waals surface area contributed by atoms with Crippen LogP contribution in [0.3, 0.4) is 0 Å². The molecule has 3 aromatic rings. The molecule has 0 bridgehead atoms. The van der Waals surface area contributed by atoms with Crippen molar-refractivity contribution in [1.82, 2.24) is 14.5 Å². The number of hydrogen-bond acceptors (Lipinski definition) is 5. The Morgan fingerprint density at radius 3 is 2.86 bits per heavy atom. The molecular weight excluding hydrogens is 388 g/mol. The van der Waals surface area contributed by atoms with E-state index in [0.717, 1.165) is 36.8 Å². The van der Waals surface area contributed by atoms with E-state index < -0.39 is 0 Å². The predicted molar refractivity (Wildman–Crippen MR) is 115 cm³/mol. The summed E-state index contributed by atoms with van der Waals surface area (Å²) in [6, 6.07) is 7.34. The maximum atomic E-state index is 13.4. The van der Waals surface area contributed by atoms with E-state index in [1.54, 1.807) is 6.07 Å². The molecule has 4 rings (SSSR count). The highest BCUT2D eigenvalue weighted by molar-refractivity contribution is 6.35. The number of anilines is 2. The van der Waals surface area contributed by atoms with Crippen LogP contribution in [0.5, 0.6) is 0 Å². The number of nitrogens with two attached hydrogens (primary N) is 1. The van der Waals surface area contributed by atoms with Crippen LogP contribution < -0.4 is 16.6 Å². The minimum absolute atomic E-state index is 0.0729. The number of nitrogens with one attached hydrogen (secondary N) is 1. The van der Waals surface area contributed by atoms with Gasteiger partial charge in [0.05, 0.1) is 23.0 Å². The molecule has 1 aliphatic carbocycles. The fourth-order valence-corrected chi connectivity index (χ4v) is 4.34. The molecule has 0 radical (unpaired) electrons. The lowest BCUT2D eigenvalue weighted by Crippen LogP contribution is -2.29. The Labute approximate surface area is 173 Å². The molecule has 8 heteroatoms. The zero-order valence-corrected chi connectivity index (χ0v) is 16.8. The molecule has 0 saturated heterocycles. The molecule has 29 heavy (non-hydrogen) atoms. The van der Waals surface area contributed by atoms with E-state index >= 15 is 0 Å². The summed E-state index contributed by atoms with van der Waals surface area (Å²) in [5.41, 5.74) is 6.75. The van der Waals surface area contributed by atoms with Gasteiger partial charge >= 0.3 is 0 Å². The number of aromatic nitrogens is 3. The summed E-state index contributed by atoms with van der Waals surface area (Å²) < 4.78 is 1.88. The van der Waals surface area contributed by atoms with Gasteiger partial charge in [-0.1, -0.05) is 36.6 Å². The standard InChI is InChI=1S/C21H21ClN6O/c1-12(26-19-16(24-2)11-25-21(23)27-19)17-10-13-6-5-9-15(22)18(13)20(29)28(17)14-7-3-4-8-14/h5-6,9-12,14H,3-4,7-8H2,1H3,(H3,23,25,26,27)/t12-/m0/s1. The van der Waals surface area contributed by atoms with Crippen molar-refractivity contribution in [2.75, 3.05) is 11.1 Å². The van der Waals surface area contributed by atoms with Crippen LogP contribution >= 0.6 is 11.6 Å². The lowest BCUT2D eigenvalue weighted by atomic mass is 10.1. The Morgan fingerprint density at radius 2 is 2.14 bits per heavy atom. The molecule has 1 aromatic carbocycles. The van der Waals surface area contributed by atoms with Crippen LogP contribution in [0.25, 0.3) is 15.6 Å². The van der Waals surface area contributed by atoms with Crippen molar-refractivity contribution >= 4 is 39.8 Å². The normalized spacial score (nSPS) is 15.3. The van der Waals surface area contributed by atoms with Gasteiger partial charge in [-0.05, 0) is 37.3 Å². The largest absolute Gasteiger partial charge is 0.371 e. The lowest BCUT2D eigenvalue weighted by molar-refractivity contribution is 0.478. The van der Waals surface area contributed by atoms with E-state index in [1.165, 1.54) is 6.20 Å². The zero-order valence-electron chi connectivity index (χ0n) is 16.0. The van der Waals surface area contributed by atoms with Gasteiger partial charge in [-0.25, -0.2) is 14.8 Å². The van der Waals surface area contributed by atoms with Crippen molar-refractivity contribution in [1.29, 1.82) is 0 Å². The summed E-state index contributed by atoms with van der Waals surface area (Å²) in [4.78, 5) is 25.0. The first kappa shape index (κ1) is 19.2. The highest BCUT2D eigenvalue weighted by atomic mass is 35.5. The molecular formula is C21H21ClN6O. The molecule has 2 aromatic heterocycles. The fourth-order valence-electron chi connectivity index (χ4n) is 4.08. The zero-order chi connectivity index (χ0) is 20.5. The minimum atomic E-state index is -0.276. The number of pyridine rings is 1. The third-order valence-corrected chi connectivity index (χ3v) is 5.77. The summed E-state index contributed by atoms with van der Waals surface area (Å²) >= 11 is 6.37. The van der Waals surface area contributed by atoms with Crippen molar-refractivity contribution < 1.29 is 0 Å². The maximum Gasteiger partial charge on any atom is 0.260 e. The third kappa shape index (κ3) is 3.52. The van der Waals surface area contributed by atoms with Crippen LogP contribution in [0.4, 0.5) is 17.5 Å². The molecule has 1 atom stereocenters. The molecule has 0 unspecified atom stereocenters. The quantitative estimate of drug-likeness (QED) is 0.601. The summed E-state index contributed by atoms with van der Waals surface area (Å²) in [5, 5.41) is 5.06. The Morgan fingerprint density at radius 1 is 1.38 bits per heavy atom. The van der Waals surface area contributed by atoms with Gasteiger partial charge in [0.25, 0.3) is 5.56 Å². The second-order valence-electron chi connectivity index (χ2n) is 7.33. The Hall–Kier alpha value is -3.11. The molecule has 0 aliphatic heterocycles. The Bertz CT molecular complexity index is 1180. The number of benzene rings is 1. The van der Waals surface area contributed by atoms with E-state index in [-0.39, 0.29) is 29.3 Å². The second kappa shape index (κ2) is 7.72. The van der Waals surface area contributed by atoms with Gasteiger partial charge in [0.15, 0.2) is 0 Å². The van der Waals surface area contributed by atoms with Crippen molar-refractivity contribution in [2.24, 2.45) is 0 Å². The van der Waals surface area contributed by atoms with Gasteiger partial charge in [-0.3, -0.25) is 4.79 Å². The van der Waals surface area contributed by atoms with Crippen LogP contribution in [-0.4, -0.2) is 14.5 Å². The van der Waals surface area contributed by atoms with Gasteiger partial charge in [0, 0.05) is 17.9 Å². The van der Waals surface area contributed by atoms with Gasteiger partial charge in [0.1, 0.15) is 5.82 Å². The average molecular weight is 409 g/mol. The highest BCUT2D eigenvalue weighted by Crippen LogP contribution is 2.34. The highest BCUT2D eigenvalue weighted by Gasteiger charge is 2.25. The van der Waals surface area contributed by atoms with Gasteiger partial charge < -0.3 is 15.6 Å². The summed E-state index contributed by atoms with van der Waals surface area (Å²) in [6.45, 7) is 9.29.